The fourth-order valence-corrected chi connectivity index (χ4v) is 2.44. The van der Waals surface area contributed by atoms with Gasteiger partial charge in [0.15, 0.2) is 5.78 Å². The second-order valence-electron chi connectivity index (χ2n) is 7.73. The first-order valence-electron chi connectivity index (χ1n) is 9.87. The molecule has 2 amide bonds. The Hall–Kier alpha value is -3.35. The van der Waals surface area contributed by atoms with Gasteiger partial charge in [0, 0.05) is 22.5 Å². The van der Waals surface area contributed by atoms with Crippen molar-refractivity contribution < 1.29 is 23.9 Å². The van der Waals surface area contributed by atoms with Crippen LogP contribution in [0.2, 0.25) is 0 Å². The summed E-state index contributed by atoms with van der Waals surface area (Å²) in [5, 5.41) is 5.24. The number of carbonyl (C=O) groups excluding carboxylic acids is 3. The SMILES string of the molecule is CC(C)COC(=O)Nc1cccc(C(=O)c2cccc(NC(=O)OCC(C)C)c2)c1. The summed E-state index contributed by atoms with van der Waals surface area (Å²) in [6, 6.07) is 13.2. The highest BCUT2D eigenvalue weighted by atomic mass is 16.6. The zero-order chi connectivity index (χ0) is 22.1. The van der Waals surface area contributed by atoms with Crippen LogP contribution in [-0.4, -0.2) is 31.2 Å². The maximum absolute atomic E-state index is 12.9. The van der Waals surface area contributed by atoms with Crippen molar-refractivity contribution in [1.29, 1.82) is 0 Å². The Balaban J connectivity index is 2.06. The second kappa shape index (κ2) is 11.0. The molecule has 2 aromatic rings. The first kappa shape index (κ1) is 22.9. The van der Waals surface area contributed by atoms with Gasteiger partial charge in [0.1, 0.15) is 0 Å². The average Bonchev–Trinajstić information content (AvgIpc) is 2.70. The minimum atomic E-state index is -0.570. The highest BCUT2D eigenvalue weighted by Gasteiger charge is 2.13. The smallest absolute Gasteiger partial charge is 0.411 e. The number of nitrogens with one attached hydrogen (secondary N) is 2. The van der Waals surface area contributed by atoms with Gasteiger partial charge in [-0.2, -0.15) is 0 Å². The lowest BCUT2D eigenvalue weighted by Crippen LogP contribution is -2.17. The van der Waals surface area contributed by atoms with Crippen LogP contribution in [0.3, 0.4) is 0 Å². The monoisotopic (exact) mass is 412 g/mol. The number of hydrogen-bond donors (Lipinski definition) is 2. The third kappa shape index (κ3) is 7.58. The Morgan fingerprint density at radius 1 is 0.733 bits per heavy atom. The Labute approximate surface area is 176 Å². The molecule has 30 heavy (non-hydrogen) atoms. The van der Waals surface area contributed by atoms with Gasteiger partial charge in [0.2, 0.25) is 0 Å². The molecule has 0 atom stereocenters. The van der Waals surface area contributed by atoms with Crippen LogP contribution in [-0.2, 0) is 9.47 Å². The van der Waals surface area contributed by atoms with Gasteiger partial charge in [-0.3, -0.25) is 15.4 Å². The summed E-state index contributed by atoms with van der Waals surface area (Å²) < 4.78 is 10.2. The molecule has 2 rings (SSSR count). The van der Waals surface area contributed by atoms with E-state index in [0.29, 0.717) is 35.7 Å². The zero-order valence-electron chi connectivity index (χ0n) is 17.7. The molecule has 2 N–H and O–H groups in total. The Bertz CT molecular complexity index is 821. The van der Waals surface area contributed by atoms with Crippen molar-refractivity contribution in [2.45, 2.75) is 27.7 Å². The molecule has 160 valence electrons. The number of ketones is 1. The molecule has 0 aliphatic rings. The van der Waals surface area contributed by atoms with Crippen LogP contribution in [0.15, 0.2) is 48.5 Å². The molecular formula is C23H28N2O5. The van der Waals surface area contributed by atoms with Crippen LogP contribution in [0.5, 0.6) is 0 Å². The second-order valence-corrected chi connectivity index (χ2v) is 7.73. The van der Waals surface area contributed by atoms with E-state index in [1.54, 1.807) is 48.5 Å². The number of ether oxygens (including phenoxy) is 2. The van der Waals surface area contributed by atoms with E-state index in [4.69, 9.17) is 9.47 Å². The van der Waals surface area contributed by atoms with Gasteiger partial charge in [-0.1, -0.05) is 52.0 Å². The van der Waals surface area contributed by atoms with Gasteiger partial charge in [-0.25, -0.2) is 9.59 Å². The number of benzene rings is 2. The molecule has 0 radical (unpaired) electrons. The molecule has 0 fully saturated rings. The largest absolute Gasteiger partial charge is 0.449 e. The summed E-state index contributed by atoms with van der Waals surface area (Å²) in [6.07, 6.45) is -1.14. The maximum Gasteiger partial charge on any atom is 0.411 e. The first-order valence-corrected chi connectivity index (χ1v) is 9.87. The van der Waals surface area contributed by atoms with Crippen molar-refractivity contribution in [3.8, 4) is 0 Å². The zero-order valence-corrected chi connectivity index (χ0v) is 17.7. The van der Waals surface area contributed by atoms with Crippen molar-refractivity contribution in [1.82, 2.24) is 0 Å². The molecule has 0 aromatic heterocycles. The van der Waals surface area contributed by atoms with Crippen molar-refractivity contribution in [3.05, 3.63) is 59.7 Å². The van der Waals surface area contributed by atoms with Crippen LogP contribution in [0, 0.1) is 11.8 Å². The minimum absolute atomic E-state index is 0.229. The Kier molecular flexibility index (Phi) is 8.41. The van der Waals surface area contributed by atoms with Gasteiger partial charge in [-0.15, -0.1) is 0 Å². The van der Waals surface area contributed by atoms with Crippen LogP contribution >= 0.6 is 0 Å². The van der Waals surface area contributed by atoms with E-state index >= 15 is 0 Å². The molecule has 7 nitrogen and oxygen atoms in total. The number of rotatable bonds is 8. The number of anilines is 2. The highest BCUT2D eigenvalue weighted by Crippen LogP contribution is 2.18. The topological polar surface area (TPSA) is 93.7 Å². The van der Waals surface area contributed by atoms with Crippen LogP contribution < -0.4 is 10.6 Å². The molecule has 0 bridgehead atoms. The molecule has 0 saturated carbocycles. The molecule has 0 aliphatic carbocycles. The van der Waals surface area contributed by atoms with Gasteiger partial charge >= 0.3 is 12.2 Å². The fourth-order valence-electron chi connectivity index (χ4n) is 2.44. The van der Waals surface area contributed by atoms with Crippen LogP contribution in [0.25, 0.3) is 0 Å². The maximum atomic E-state index is 12.9. The van der Waals surface area contributed by atoms with Gasteiger partial charge in [-0.05, 0) is 36.1 Å². The third-order valence-electron chi connectivity index (χ3n) is 3.84. The fraction of sp³-hybridized carbons (Fsp3) is 0.348. The van der Waals surface area contributed by atoms with Crippen molar-refractivity contribution >= 4 is 29.3 Å². The molecule has 0 aliphatic heterocycles. The molecule has 0 spiro atoms. The van der Waals surface area contributed by atoms with Gasteiger partial charge < -0.3 is 9.47 Å². The lowest BCUT2D eigenvalue weighted by atomic mass is 10.0. The summed E-state index contributed by atoms with van der Waals surface area (Å²) in [6.45, 7) is 8.39. The van der Waals surface area contributed by atoms with Gasteiger partial charge in [0.05, 0.1) is 13.2 Å². The molecule has 0 unspecified atom stereocenters. The summed E-state index contributed by atoms with van der Waals surface area (Å²) in [5.74, 6) is 0.216. The lowest BCUT2D eigenvalue weighted by Gasteiger charge is -2.11. The van der Waals surface area contributed by atoms with Crippen molar-refractivity contribution in [2.24, 2.45) is 11.8 Å². The number of hydrogen-bond acceptors (Lipinski definition) is 5. The predicted molar refractivity (Wildman–Crippen MR) is 116 cm³/mol. The normalized spacial score (nSPS) is 10.6. The van der Waals surface area contributed by atoms with E-state index < -0.39 is 12.2 Å². The van der Waals surface area contributed by atoms with Crippen LogP contribution in [0.4, 0.5) is 21.0 Å². The highest BCUT2D eigenvalue weighted by molar-refractivity contribution is 6.10. The molecule has 0 saturated heterocycles. The quantitative estimate of drug-likeness (QED) is 0.572. The van der Waals surface area contributed by atoms with Crippen LogP contribution in [0.1, 0.15) is 43.6 Å². The van der Waals surface area contributed by atoms with E-state index in [9.17, 15) is 14.4 Å². The summed E-state index contributed by atoms with van der Waals surface area (Å²) in [7, 11) is 0. The molecule has 7 heteroatoms. The van der Waals surface area contributed by atoms with E-state index in [1.165, 1.54) is 0 Å². The Morgan fingerprint density at radius 2 is 1.13 bits per heavy atom. The summed E-state index contributed by atoms with van der Waals surface area (Å²) >= 11 is 0. The average molecular weight is 412 g/mol. The third-order valence-corrected chi connectivity index (χ3v) is 3.84. The molecular weight excluding hydrogens is 384 g/mol. The van der Waals surface area contributed by atoms with E-state index in [0.717, 1.165) is 0 Å². The van der Waals surface area contributed by atoms with E-state index in [-0.39, 0.29) is 17.6 Å². The standard InChI is InChI=1S/C23H28N2O5/c1-15(2)13-29-22(27)24-19-9-5-7-17(11-19)21(26)18-8-6-10-20(12-18)25-23(28)30-14-16(3)4/h5-12,15-16H,13-14H2,1-4H3,(H,24,27)(H,25,28). The first-order chi connectivity index (χ1) is 14.2. The minimum Gasteiger partial charge on any atom is -0.449 e. The predicted octanol–water partition coefficient (Wildman–Crippen LogP) is 5.33. The van der Waals surface area contributed by atoms with Crippen molar-refractivity contribution in [2.75, 3.05) is 23.8 Å². The number of carbonyl (C=O) groups is 3. The molecule has 2 aromatic carbocycles. The van der Waals surface area contributed by atoms with E-state index in [1.807, 2.05) is 27.7 Å². The molecule has 0 heterocycles. The number of amides is 2. The lowest BCUT2D eigenvalue weighted by molar-refractivity contribution is 0.103. The van der Waals surface area contributed by atoms with Gasteiger partial charge in [0.25, 0.3) is 0 Å². The van der Waals surface area contributed by atoms with Crippen molar-refractivity contribution in [3.63, 3.8) is 0 Å². The summed E-state index contributed by atoms with van der Waals surface area (Å²) in [5.41, 5.74) is 1.72. The Morgan fingerprint density at radius 3 is 1.50 bits per heavy atom. The summed E-state index contributed by atoms with van der Waals surface area (Å²) in [4.78, 5) is 36.5. The van der Waals surface area contributed by atoms with E-state index in [2.05, 4.69) is 10.6 Å².